The van der Waals surface area contributed by atoms with Crippen molar-refractivity contribution in [3.05, 3.63) is 61.1 Å². The second-order valence-corrected chi connectivity index (χ2v) is 8.01. The van der Waals surface area contributed by atoms with Crippen LogP contribution in [0.3, 0.4) is 0 Å². The van der Waals surface area contributed by atoms with Gasteiger partial charge in [-0.1, -0.05) is 19.1 Å². The zero-order chi connectivity index (χ0) is 20.4. The second kappa shape index (κ2) is 8.44. The zero-order valence-electron chi connectivity index (χ0n) is 15.1. The van der Waals surface area contributed by atoms with Gasteiger partial charge in [0.1, 0.15) is 11.3 Å². The molecular weight excluding hydrogens is 539 g/mol. The van der Waals surface area contributed by atoms with Crippen molar-refractivity contribution in [2.24, 2.45) is 0 Å². The number of benzene rings is 2. The molecule has 28 heavy (non-hydrogen) atoms. The van der Waals surface area contributed by atoms with Crippen LogP contribution in [0.25, 0.3) is 6.08 Å². The first-order valence-electron chi connectivity index (χ1n) is 8.39. The fraction of sp³-hybridized carbons (Fsp3) is 0.150. The van der Waals surface area contributed by atoms with Gasteiger partial charge < -0.3 is 4.74 Å². The van der Waals surface area contributed by atoms with Crippen LogP contribution in [0.4, 0.5) is 10.5 Å². The van der Waals surface area contributed by atoms with E-state index < -0.39 is 17.8 Å². The van der Waals surface area contributed by atoms with Crippen LogP contribution in [0.15, 0.2) is 46.4 Å². The Bertz CT molecular complexity index is 979. The predicted molar refractivity (Wildman–Crippen MR) is 118 cm³/mol. The number of hydrogen-bond donors (Lipinski definition) is 1. The van der Waals surface area contributed by atoms with Crippen molar-refractivity contribution in [2.75, 3.05) is 12.0 Å². The molecule has 0 unspecified atom stereocenters. The number of nitrogens with zero attached hydrogens (tertiary/aromatic N) is 1. The average Bonchev–Trinajstić information content (AvgIpc) is 2.65. The molecule has 0 aliphatic carbocycles. The Balaban J connectivity index is 2.01. The Morgan fingerprint density at radius 3 is 2.43 bits per heavy atom. The molecule has 6 nitrogen and oxygen atoms in total. The highest BCUT2D eigenvalue weighted by Crippen LogP contribution is 2.32. The maximum Gasteiger partial charge on any atom is 0.335 e. The molecule has 144 valence electrons. The van der Waals surface area contributed by atoms with Gasteiger partial charge in [-0.05, 0) is 86.4 Å². The summed E-state index contributed by atoms with van der Waals surface area (Å²) in [5, 5.41) is 2.23. The fourth-order valence-electron chi connectivity index (χ4n) is 2.80. The molecule has 2 aromatic rings. The molecule has 0 bridgehead atoms. The molecule has 1 fully saturated rings. The number of anilines is 1. The number of imide groups is 2. The molecule has 0 aromatic heterocycles. The van der Waals surface area contributed by atoms with E-state index in [1.54, 1.807) is 31.4 Å². The molecule has 1 N–H and O–H groups in total. The van der Waals surface area contributed by atoms with Crippen molar-refractivity contribution in [2.45, 2.75) is 13.3 Å². The molecule has 0 saturated carbocycles. The molecule has 4 amide bonds. The number of methoxy groups -OCH3 is 1. The summed E-state index contributed by atoms with van der Waals surface area (Å²) in [4.78, 5) is 38.5. The van der Waals surface area contributed by atoms with Gasteiger partial charge in [-0.3, -0.25) is 14.9 Å². The lowest BCUT2D eigenvalue weighted by molar-refractivity contribution is -0.122. The van der Waals surface area contributed by atoms with Crippen molar-refractivity contribution in [1.82, 2.24) is 5.32 Å². The van der Waals surface area contributed by atoms with Gasteiger partial charge in [0, 0.05) is 0 Å². The Hall–Kier alpha value is -2.20. The number of halogens is 2. The molecule has 0 atom stereocenters. The van der Waals surface area contributed by atoms with E-state index in [1.165, 1.54) is 6.08 Å². The minimum absolute atomic E-state index is 0.118. The lowest BCUT2D eigenvalue weighted by Gasteiger charge is -2.26. The second-order valence-electron chi connectivity index (χ2n) is 6.00. The number of rotatable bonds is 4. The van der Waals surface area contributed by atoms with Gasteiger partial charge in [-0.25, -0.2) is 9.69 Å². The van der Waals surface area contributed by atoms with E-state index in [0.717, 1.165) is 20.5 Å². The highest BCUT2D eigenvalue weighted by atomic mass is 127. The highest BCUT2D eigenvalue weighted by molar-refractivity contribution is 14.1. The van der Waals surface area contributed by atoms with Crippen molar-refractivity contribution in [1.29, 1.82) is 0 Å². The van der Waals surface area contributed by atoms with Crippen molar-refractivity contribution in [3.8, 4) is 5.75 Å². The number of aryl methyl sites for hydroxylation is 1. The van der Waals surface area contributed by atoms with Crippen LogP contribution in [0.2, 0.25) is 0 Å². The van der Waals surface area contributed by atoms with Gasteiger partial charge in [0.25, 0.3) is 11.8 Å². The van der Waals surface area contributed by atoms with E-state index in [0.29, 0.717) is 21.5 Å². The number of urea groups is 1. The average molecular weight is 555 g/mol. The molecule has 1 aliphatic rings. The highest BCUT2D eigenvalue weighted by Gasteiger charge is 2.36. The molecule has 8 heteroatoms. The van der Waals surface area contributed by atoms with E-state index in [9.17, 15) is 14.4 Å². The van der Waals surface area contributed by atoms with Crippen molar-refractivity contribution in [3.63, 3.8) is 0 Å². The molecular formula is C20H16BrIN2O4. The summed E-state index contributed by atoms with van der Waals surface area (Å²) in [5.41, 5.74) is 2.00. The van der Waals surface area contributed by atoms with E-state index >= 15 is 0 Å². The smallest absolute Gasteiger partial charge is 0.335 e. The number of amides is 4. The molecule has 0 radical (unpaired) electrons. The van der Waals surface area contributed by atoms with Gasteiger partial charge in [0.05, 0.1) is 20.8 Å². The molecule has 1 heterocycles. The topological polar surface area (TPSA) is 75.7 Å². The Labute approximate surface area is 184 Å². The Morgan fingerprint density at radius 2 is 1.86 bits per heavy atom. The van der Waals surface area contributed by atoms with E-state index in [2.05, 4.69) is 43.8 Å². The summed E-state index contributed by atoms with van der Waals surface area (Å²) in [6, 6.07) is 9.84. The molecule has 2 aromatic carbocycles. The molecule has 1 saturated heterocycles. The summed E-state index contributed by atoms with van der Waals surface area (Å²) in [5.74, 6) is -0.728. The summed E-state index contributed by atoms with van der Waals surface area (Å²) in [7, 11) is 1.56. The molecule has 1 aliphatic heterocycles. The van der Waals surface area contributed by atoms with Crippen LogP contribution in [0, 0.1) is 3.57 Å². The van der Waals surface area contributed by atoms with Crippen LogP contribution in [0.1, 0.15) is 18.1 Å². The minimum Gasteiger partial charge on any atom is -0.494 e. The van der Waals surface area contributed by atoms with Crippen LogP contribution in [-0.4, -0.2) is 25.0 Å². The van der Waals surface area contributed by atoms with Gasteiger partial charge in [-0.15, -0.1) is 0 Å². The number of ether oxygens (including phenoxy) is 1. The standard InChI is InChI=1S/C20H16BrIN2O4/c1-3-11-4-6-13(7-5-11)24-19(26)14(18(25)23-20(24)27)8-12-9-15(21)17(28-2)16(22)10-12/h4-10H,3H2,1-2H3,(H,23,25,27)/b14-8-. The lowest BCUT2D eigenvalue weighted by Crippen LogP contribution is -2.54. The minimum atomic E-state index is -0.762. The van der Waals surface area contributed by atoms with Crippen molar-refractivity contribution >= 4 is 68.1 Å². The summed E-state index contributed by atoms with van der Waals surface area (Å²) in [6.45, 7) is 2.02. The van der Waals surface area contributed by atoms with Gasteiger partial charge in [0.2, 0.25) is 0 Å². The number of carbonyl (C=O) groups excluding carboxylic acids is 3. The number of nitrogens with one attached hydrogen (secondary N) is 1. The fourth-order valence-corrected chi connectivity index (χ4v) is 4.68. The first-order valence-corrected chi connectivity index (χ1v) is 10.3. The Kier molecular flexibility index (Phi) is 6.19. The number of hydrogen-bond acceptors (Lipinski definition) is 4. The third-order valence-electron chi connectivity index (χ3n) is 4.24. The van der Waals surface area contributed by atoms with Crippen LogP contribution in [0.5, 0.6) is 5.75 Å². The SMILES string of the molecule is CCc1ccc(N2C(=O)NC(=O)/C(=C/c3cc(Br)c(OC)c(I)c3)C2=O)cc1. The summed E-state index contributed by atoms with van der Waals surface area (Å²) >= 11 is 5.52. The summed E-state index contributed by atoms with van der Waals surface area (Å²) < 4.78 is 6.80. The lowest BCUT2D eigenvalue weighted by atomic mass is 10.1. The van der Waals surface area contributed by atoms with Crippen LogP contribution >= 0.6 is 38.5 Å². The van der Waals surface area contributed by atoms with E-state index in [-0.39, 0.29) is 5.57 Å². The molecule has 0 spiro atoms. The number of barbiturate groups is 1. The maximum atomic E-state index is 12.9. The van der Waals surface area contributed by atoms with E-state index in [4.69, 9.17) is 4.74 Å². The quantitative estimate of drug-likeness (QED) is 0.347. The molecule has 3 rings (SSSR count). The largest absolute Gasteiger partial charge is 0.494 e. The van der Waals surface area contributed by atoms with Crippen LogP contribution < -0.4 is 15.0 Å². The Morgan fingerprint density at radius 1 is 1.18 bits per heavy atom. The van der Waals surface area contributed by atoms with Gasteiger partial charge >= 0.3 is 6.03 Å². The van der Waals surface area contributed by atoms with Gasteiger partial charge in [0.15, 0.2) is 0 Å². The first kappa shape index (κ1) is 20.5. The predicted octanol–water partition coefficient (Wildman–Crippen LogP) is 4.29. The number of carbonyl (C=O) groups is 3. The zero-order valence-corrected chi connectivity index (χ0v) is 18.8. The van der Waals surface area contributed by atoms with E-state index in [1.807, 2.05) is 19.1 Å². The van der Waals surface area contributed by atoms with Gasteiger partial charge in [-0.2, -0.15) is 0 Å². The first-order chi connectivity index (χ1) is 13.3. The summed E-state index contributed by atoms with van der Waals surface area (Å²) in [6.07, 6.45) is 2.30. The third-order valence-corrected chi connectivity index (χ3v) is 5.63. The van der Waals surface area contributed by atoms with Crippen molar-refractivity contribution < 1.29 is 19.1 Å². The normalized spacial score (nSPS) is 15.8. The maximum absolute atomic E-state index is 12.9. The van der Waals surface area contributed by atoms with Crippen LogP contribution in [-0.2, 0) is 16.0 Å². The third kappa shape index (κ3) is 3.97. The monoisotopic (exact) mass is 554 g/mol.